The molecule has 4 N–H and O–H groups in total. The summed E-state index contributed by atoms with van der Waals surface area (Å²) in [6.07, 6.45) is 0. The Morgan fingerprint density at radius 1 is 1.53 bits per heavy atom. The number of anilines is 2. The predicted octanol–water partition coefficient (Wildman–Crippen LogP) is 2.16. The highest BCUT2D eigenvalue weighted by molar-refractivity contribution is 8.00. The fraction of sp³-hybridized carbons (Fsp3) is 0.182. The first-order valence-corrected chi connectivity index (χ1v) is 6.72. The van der Waals surface area contributed by atoms with Gasteiger partial charge in [0.15, 0.2) is 0 Å². The van der Waals surface area contributed by atoms with Crippen LogP contribution in [0.2, 0.25) is 5.02 Å². The van der Waals surface area contributed by atoms with Gasteiger partial charge in [-0.25, -0.2) is 5.10 Å². The van der Waals surface area contributed by atoms with E-state index in [1.165, 1.54) is 11.8 Å². The second kappa shape index (κ2) is 5.94. The Morgan fingerprint density at radius 3 is 2.89 bits per heavy atom. The van der Waals surface area contributed by atoms with Gasteiger partial charge in [-0.15, -0.1) is 5.10 Å². The third-order valence-electron chi connectivity index (χ3n) is 2.27. The van der Waals surface area contributed by atoms with Gasteiger partial charge in [0.05, 0.1) is 16.0 Å². The van der Waals surface area contributed by atoms with E-state index in [0.29, 0.717) is 15.9 Å². The summed E-state index contributed by atoms with van der Waals surface area (Å²) in [5.74, 6) is 0.0442. The Balaban J connectivity index is 1.98. The van der Waals surface area contributed by atoms with Gasteiger partial charge in [-0.3, -0.25) is 4.79 Å². The zero-order valence-electron chi connectivity index (χ0n) is 10.1. The molecule has 6 nitrogen and oxygen atoms in total. The lowest BCUT2D eigenvalue weighted by molar-refractivity contribution is -0.115. The normalized spacial score (nSPS) is 12.1. The van der Waals surface area contributed by atoms with Crippen LogP contribution in [-0.4, -0.2) is 26.3 Å². The van der Waals surface area contributed by atoms with E-state index in [9.17, 15) is 4.79 Å². The minimum absolute atomic E-state index is 0.179. The number of rotatable bonds is 4. The average Bonchev–Trinajstić information content (AvgIpc) is 2.77. The number of carbonyl (C=O) groups excluding carboxylic acids is 1. The van der Waals surface area contributed by atoms with Crippen LogP contribution in [0.4, 0.5) is 11.6 Å². The standard InChI is InChI=1S/C11H12ClN5OS/c1-6(19-11-15-10(13)16-17-11)9(18)14-8-5-3-2-4-7(8)12/h2-6H,1H3,(H,14,18)(H3,13,15,16,17)/t6-/m0/s1. The van der Waals surface area contributed by atoms with E-state index in [-0.39, 0.29) is 17.1 Å². The van der Waals surface area contributed by atoms with E-state index >= 15 is 0 Å². The molecule has 1 aromatic heterocycles. The highest BCUT2D eigenvalue weighted by atomic mass is 35.5. The number of H-pyrrole nitrogens is 1. The minimum atomic E-state index is -0.369. The maximum Gasteiger partial charge on any atom is 0.237 e. The third-order valence-corrected chi connectivity index (χ3v) is 3.56. The molecule has 8 heteroatoms. The van der Waals surface area contributed by atoms with Crippen LogP contribution in [0.3, 0.4) is 0 Å². The molecule has 19 heavy (non-hydrogen) atoms. The predicted molar refractivity (Wildman–Crippen MR) is 76.2 cm³/mol. The summed E-state index contributed by atoms with van der Waals surface area (Å²) in [7, 11) is 0. The van der Waals surface area contributed by atoms with Gasteiger partial charge in [-0.05, 0) is 19.1 Å². The molecule has 0 spiro atoms. The van der Waals surface area contributed by atoms with Gasteiger partial charge in [-0.2, -0.15) is 4.98 Å². The van der Waals surface area contributed by atoms with Gasteiger partial charge in [0.2, 0.25) is 17.0 Å². The van der Waals surface area contributed by atoms with Crippen LogP contribution in [0.15, 0.2) is 29.4 Å². The lowest BCUT2D eigenvalue weighted by Gasteiger charge is -2.11. The summed E-state index contributed by atoms with van der Waals surface area (Å²) in [5.41, 5.74) is 5.99. The molecule has 0 unspecified atom stereocenters. The van der Waals surface area contributed by atoms with Crippen LogP contribution >= 0.6 is 23.4 Å². The molecule has 0 fully saturated rings. The van der Waals surface area contributed by atoms with Crippen molar-refractivity contribution in [3.63, 3.8) is 0 Å². The van der Waals surface area contributed by atoms with Gasteiger partial charge in [0.25, 0.3) is 0 Å². The Labute approximate surface area is 119 Å². The molecular formula is C11H12ClN5OS. The van der Waals surface area contributed by atoms with Gasteiger partial charge in [0.1, 0.15) is 0 Å². The number of nitrogen functional groups attached to an aromatic ring is 1. The van der Waals surface area contributed by atoms with E-state index in [0.717, 1.165) is 0 Å². The second-order valence-electron chi connectivity index (χ2n) is 3.73. The van der Waals surface area contributed by atoms with Gasteiger partial charge >= 0.3 is 0 Å². The molecule has 2 rings (SSSR count). The molecule has 1 amide bonds. The number of thioether (sulfide) groups is 1. The van der Waals surface area contributed by atoms with Gasteiger partial charge < -0.3 is 11.1 Å². The van der Waals surface area contributed by atoms with Crippen molar-refractivity contribution < 1.29 is 4.79 Å². The highest BCUT2D eigenvalue weighted by Gasteiger charge is 2.17. The van der Waals surface area contributed by atoms with Crippen molar-refractivity contribution in [2.24, 2.45) is 0 Å². The Hall–Kier alpha value is -1.73. The molecule has 0 aliphatic rings. The number of amides is 1. The van der Waals surface area contributed by atoms with Crippen LogP contribution < -0.4 is 11.1 Å². The van der Waals surface area contributed by atoms with Crippen molar-refractivity contribution in [2.75, 3.05) is 11.1 Å². The zero-order valence-corrected chi connectivity index (χ0v) is 11.6. The van der Waals surface area contributed by atoms with Crippen molar-refractivity contribution in [3.8, 4) is 0 Å². The van der Waals surface area contributed by atoms with Crippen molar-refractivity contribution in [3.05, 3.63) is 29.3 Å². The highest BCUT2D eigenvalue weighted by Crippen LogP contribution is 2.24. The number of nitrogens with one attached hydrogen (secondary N) is 2. The molecule has 1 aromatic carbocycles. The van der Waals surface area contributed by atoms with Crippen LogP contribution in [-0.2, 0) is 4.79 Å². The molecule has 0 saturated carbocycles. The van der Waals surface area contributed by atoms with E-state index in [2.05, 4.69) is 20.5 Å². The Kier molecular flexibility index (Phi) is 4.28. The van der Waals surface area contributed by atoms with Crippen LogP contribution in [0.1, 0.15) is 6.92 Å². The fourth-order valence-electron chi connectivity index (χ4n) is 1.32. The molecule has 1 heterocycles. The van der Waals surface area contributed by atoms with E-state index < -0.39 is 0 Å². The van der Waals surface area contributed by atoms with E-state index in [4.69, 9.17) is 17.3 Å². The topological polar surface area (TPSA) is 96.7 Å². The monoisotopic (exact) mass is 297 g/mol. The number of hydrogen-bond acceptors (Lipinski definition) is 5. The van der Waals surface area contributed by atoms with Crippen LogP contribution in [0, 0.1) is 0 Å². The molecule has 2 aromatic rings. The number of aromatic nitrogens is 3. The largest absolute Gasteiger partial charge is 0.368 e. The SMILES string of the molecule is C[C@H](Sc1n[nH]c(N)n1)C(=O)Nc1ccccc1Cl. The number of nitrogens with zero attached hydrogens (tertiary/aromatic N) is 2. The van der Waals surface area contributed by atoms with Crippen LogP contribution in [0.25, 0.3) is 0 Å². The Morgan fingerprint density at radius 2 is 2.26 bits per heavy atom. The summed E-state index contributed by atoms with van der Waals surface area (Å²) in [4.78, 5) is 15.9. The number of hydrogen-bond donors (Lipinski definition) is 3. The number of nitrogens with two attached hydrogens (primary N) is 1. The second-order valence-corrected chi connectivity index (χ2v) is 5.45. The third kappa shape index (κ3) is 3.62. The summed E-state index contributed by atoms with van der Waals surface area (Å²) < 4.78 is 0. The molecule has 0 aliphatic carbocycles. The molecule has 0 aliphatic heterocycles. The lowest BCUT2D eigenvalue weighted by Crippen LogP contribution is -2.22. The first kappa shape index (κ1) is 13.7. The molecule has 0 radical (unpaired) electrons. The molecule has 100 valence electrons. The maximum absolute atomic E-state index is 12.0. The van der Waals surface area contributed by atoms with Crippen molar-refractivity contribution in [1.82, 2.24) is 15.2 Å². The van der Waals surface area contributed by atoms with E-state index in [1.807, 2.05) is 0 Å². The minimum Gasteiger partial charge on any atom is -0.368 e. The first-order chi connectivity index (χ1) is 9.06. The zero-order chi connectivity index (χ0) is 13.8. The number of para-hydroxylation sites is 1. The number of benzene rings is 1. The molecule has 0 saturated heterocycles. The average molecular weight is 298 g/mol. The molecule has 0 bridgehead atoms. The summed E-state index contributed by atoms with van der Waals surface area (Å²) in [6.45, 7) is 1.75. The smallest absolute Gasteiger partial charge is 0.237 e. The van der Waals surface area contributed by atoms with Gasteiger partial charge in [0, 0.05) is 0 Å². The van der Waals surface area contributed by atoms with E-state index in [1.54, 1.807) is 31.2 Å². The van der Waals surface area contributed by atoms with Gasteiger partial charge in [-0.1, -0.05) is 35.5 Å². The number of halogens is 1. The fourth-order valence-corrected chi connectivity index (χ4v) is 2.23. The number of aromatic amines is 1. The summed E-state index contributed by atoms with van der Waals surface area (Å²) in [5, 5.41) is 9.68. The molecular weight excluding hydrogens is 286 g/mol. The van der Waals surface area contributed by atoms with Crippen molar-refractivity contribution >= 4 is 40.9 Å². The maximum atomic E-state index is 12.0. The van der Waals surface area contributed by atoms with Crippen molar-refractivity contribution in [1.29, 1.82) is 0 Å². The Bertz CT molecular complexity index is 588. The number of carbonyl (C=O) groups is 1. The molecule has 1 atom stereocenters. The van der Waals surface area contributed by atoms with Crippen LogP contribution in [0.5, 0.6) is 0 Å². The van der Waals surface area contributed by atoms with Crippen molar-refractivity contribution in [2.45, 2.75) is 17.3 Å². The summed E-state index contributed by atoms with van der Waals surface area (Å²) in [6, 6.07) is 7.05. The lowest BCUT2D eigenvalue weighted by atomic mass is 10.3. The first-order valence-electron chi connectivity index (χ1n) is 5.46. The summed E-state index contributed by atoms with van der Waals surface area (Å²) >= 11 is 7.18. The quantitative estimate of drug-likeness (QED) is 0.751.